The number of rotatable bonds is 5. The zero-order valence-electron chi connectivity index (χ0n) is 28.6. The molecule has 4 heteroatoms. The fraction of sp³-hybridized carbons (Fsp3) is 0.0625. The first kappa shape index (κ1) is 30.2. The van der Waals surface area contributed by atoms with E-state index in [0.29, 0.717) is 11.6 Å². The first-order valence-electron chi connectivity index (χ1n) is 17.7. The molecule has 2 aromatic heterocycles. The highest BCUT2D eigenvalue weighted by Gasteiger charge is 2.33. The van der Waals surface area contributed by atoms with E-state index < -0.39 is 5.41 Å². The van der Waals surface area contributed by atoms with Crippen LogP contribution in [0, 0.1) is 0 Å². The molecule has 0 N–H and O–H groups in total. The van der Waals surface area contributed by atoms with Crippen LogP contribution >= 0.6 is 0 Å². The van der Waals surface area contributed by atoms with Gasteiger partial charge < -0.3 is 4.42 Å². The summed E-state index contributed by atoms with van der Waals surface area (Å²) in [6.45, 7) is 2.23. The molecule has 1 atom stereocenters. The summed E-state index contributed by atoms with van der Waals surface area (Å²) in [5, 5.41) is 4.49. The van der Waals surface area contributed by atoms with Gasteiger partial charge in [-0.25, -0.2) is 15.0 Å². The van der Waals surface area contributed by atoms with E-state index in [9.17, 15) is 0 Å². The third-order valence-corrected chi connectivity index (χ3v) is 10.5. The lowest BCUT2D eigenvalue weighted by Crippen LogP contribution is -2.28. The van der Waals surface area contributed by atoms with Crippen molar-refractivity contribution < 1.29 is 4.42 Å². The van der Waals surface area contributed by atoms with Gasteiger partial charge in [-0.1, -0.05) is 146 Å². The van der Waals surface area contributed by atoms with Crippen LogP contribution in [0.25, 0.3) is 83.8 Å². The van der Waals surface area contributed by atoms with E-state index in [4.69, 9.17) is 19.4 Å². The molecule has 0 aliphatic heterocycles. The van der Waals surface area contributed by atoms with Gasteiger partial charge in [0.1, 0.15) is 17.0 Å². The van der Waals surface area contributed by atoms with Gasteiger partial charge in [-0.05, 0) is 81.8 Å². The Labute approximate surface area is 301 Å². The summed E-state index contributed by atoms with van der Waals surface area (Å²) in [7, 11) is 0. The minimum Gasteiger partial charge on any atom is -0.456 e. The van der Waals surface area contributed by atoms with Crippen molar-refractivity contribution in [3.05, 3.63) is 181 Å². The number of fused-ring (bicyclic) bond motifs is 5. The fourth-order valence-electron chi connectivity index (χ4n) is 7.70. The van der Waals surface area contributed by atoms with Gasteiger partial charge in [-0.15, -0.1) is 0 Å². The van der Waals surface area contributed by atoms with Crippen LogP contribution in [0.2, 0.25) is 0 Å². The molecule has 1 aliphatic carbocycles. The maximum absolute atomic E-state index is 6.43. The topological polar surface area (TPSA) is 51.8 Å². The van der Waals surface area contributed by atoms with E-state index in [0.717, 1.165) is 62.0 Å². The molecule has 0 fully saturated rings. The Bertz CT molecular complexity index is 2830. The van der Waals surface area contributed by atoms with Crippen LogP contribution in [0.15, 0.2) is 168 Å². The largest absolute Gasteiger partial charge is 0.456 e. The highest BCUT2D eigenvalue weighted by atomic mass is 16.3. The highest BCUT2D eigenvalue weighted by molar-refractivity contribution is 6.15. The van der Waals surface area contributed by atoms with E-state index in [1.165, 1.54) is 27.5 Å². The van der Waals surface area contributed by atoms with Crippen molar-refractivity contribution in [2.24, 2.45) is 0 Å². The second-order valence-corrected chi connectivity index (χ2v) is 13.9. The standard InChI is InChI=1S/C48H33N3O/c1-48(28-27-32-12-6-8-16-38(32)30-48)47-50-45(35-22-19-33(20-23-35)37-24-21-31-11-5-7-15-36(31)29-37)49-46(51-47)44-39(34-13-3-2-4-14-34)25-26-42-43(44)40-17-9-10-18-41(40)52-42/h2-29H,30H2,1H3. The van der Waals surface area contributed by atoms with Gasteiger partial charge in [0, 0.05) is 27.3 Å². The predicted octanol–water partition coefficient (Wildman–Crippen LogP) is 12.1. The van der Waals surface area contributed by atoms with Gasteiger partial charge in [-0.2, -0.15) is 0 Å². The summed E-state index contributed by atoms with van der Waals surface area (Å²) in [6.07, 6.45) is 5.25. The Hall–Kier alpha value is -6.65. The zero-order valence-corrected chi connectivity index (χ0v) is 28.6. The summed E-state index contributed by atoms with van der Waals surface area (Å²) < 4.78 is 6.43. The Morgan fingerprint density at radius 2 is 1.25 bits per heavy atom. The lowest BCUT2D eigenvalue weighted by Gasteiger charge is -2.29. The Balaban J connectivity index is 1.19. The maximum atomic E-state index is 6.43. The van der Waals surface area contributed by atoms with Crippen molar-refractivity contribution >= 4 is 38.8 Å². The summed E-state index contributed by atoms with van der Waals surface area (Å²) in [5.74, 6) is 2.01. The van der Waals surface area contributed by atoms with Crippen molar-refractivity contribution in [2.45, 2.75) is 18.8 Å². The molecule has 1 aliphatic rings. The fourth-order valence-corrected chi connectivity index (χ4v) is 7.70. The molecule has 0 bridgehead atoms. The van der Waals surface area contributed by atoms with E-state index in [1.54, 1.807) is 0 Å². The molecule has 9 aromatic rings. The Morgan fingerprint density at radius 3 is 2.13 bits per heavy atom. The van der Waals surface area contributed by atoms with Crippen molar-refractivity contribution in [3.63, 3.8) is 0 Å². The van der Waals surface area contributed by atoms with Crippen LogP contribution in [0.5, 0.6) is 0 Å². The van der Waals surface area contributed by atoms with Crippen molar-refractivity contribution in [1.29, 1.82) is 0 Å². The minimum atomic E-state index is -0.453. The highest BCUT2D eigenvalue weighted by Crippen LogP contribution is 2.43. The molecule has 2 heterocycles. The van der Waals surface area contributed by atoms with E-state index in [-0.39, 0.29) is 0 Å². The number of benzene rings is 7. The third-order valence-electron chi connectivity index (χ3n) is 10.5. The van der Waals surface area contributed by atoms with Crippen molar-refractivity contribution in [3.8, 4) is 45.0 Å². The van der Waals surface area contributed by atoms with Crippen LogP contribution in [-0.2, 0) is 11.8 Å². The maximum Gasteiger partial charge on any atom is 0.165 e. The molecule has 0 amide bonds. The molecule has 10 rings (SSSR count). The first-order chi connectivity index (χ1) is 25.6. The summed E-state index contributed by atoms with van der Waals surface area (Å²) in [6, 6.07) is 55.2. The minimum absolute atomic E-state index is 0.453. The van der Waals surface area contributed by atoms with E-state index >= 15 is 0 Å². The normalized spacial score (nSPS) is 15.3. The van der Waals surface area contributed by atoms with Gasteiger partial charge in [0.2, 0.25) is 0 Å². The lowest BCUT2D eigenvalue weighted by atomic mass is 9.77. The van der Waals surface area contributed by atoms with Gasteiger partial charge in [-0.3, -0.25) is 0 Å². The van der Waals surface area contributed by atoms with Gasteiger partial charge in [0.15, 0.2) is 11.6 Å². The van der Waals surface area contributed by atoms with Crippen LogP contribution in [0.4, 0.5) is 0 Å². The summed E-state index contributed by atoms with van der Waals surface area (Å²) in [4.78, 5) is 16.0. The van der Waals surface area contributed by atoms with Crippen LogP contribution < -0.4 is 0 Å². The monoisotopic (exact) mass is 667 g/mol. The van der Waals surface area contributed by atoms with Gasteiger partial charge in [0.25, 0.3) is 0 Å². The third kappa shape index (κ3) is 5.11. The SMILES string of the molecule is CC1(c2nc(-c3ccc(-c4ccc5ccccc5c4)cc3)nc(-c3c(-c4ccccc4)ccc4oc5ccccc5c34)n2)C=Cc2ccccc2C1. The van der Waals surface area contributed by atoms with E-state index in [2.05, 4.69) is 159 Å². The number of hydrogen-bond donors (Lipinski definition) is 0. The number of aromatic nitrogens is 3. The van der Waals surface area contributed by atoms with Crippen LogP contribution in [-0.4, -0.2) is 15.0 Å². The van der Waals surface area contributed by atoms with Gasteiger partial charge in [0.05, 0.1) is 0 Å². The Kier molecular flexibility index (Phi) is 6.97. The second kappa shape index (κ2) is 12.0. The van der Waals surface area contributed by atoms with Crippen LogP contribution in [0.3, 0.4) is 0 Å². The molecular formula is C48H33N3O. The van der Waals surface area contributed by atoms with Crippen LogP contribution in [0.1, 0.15) is 23.9 Å². The predicted molar refractivity (Wildman–Crippen MR) is 213 cm³/mol. The average molecular weight is 668 g/mol. The number of para-hydroxylation sites is 1. The second-order valence-electron chi connectivity index (χ2n) is 13.9. The smallest absolute Gasteiger partial charge is 0.165 e. The zero-order chi connectivity index (χ0) is 34.6. The molecule has 246 valence electrons. The molecule has 52 heavy (non-hydrogen) atoms. The number of hydrogen-bond acceptors (Lipinski definition) is 4. The van der Waals surface area contributed by atoms with Crippen molar-refractivity contribution in [1.82, 2.24) is 15.0 Å². The van der Waals surface area contributed by atoms with Gasteiger partial charge >= 0.3 is 0 Å². The lowest BCUT2D eigenvalue weighted by molar-refractivity contribution is 0.544. The quantitative estimate of drug-likeness (QED) is 0.183. The molecule has 0 saturated heterocycles. The molecule has 0 saturated carbocycles. The number of nitrogens with zero attached hydrogens (tertiary/aromatic N) is 3. The number of allylic oxidation sites excluding steroid dienone is 1. The summed E-state index contributed by atoms with van der Waals surface area (Å²) in [5.41, 5.74) is 10.0. The molecule has 7 aromatic carbocycles. The summed E-state index contributed by atoms with van der Waals surface area (Å²) >= 11 is 0. The first-order valence-corrected chi connectivity index (χ1v) is 17.7. The molecule has 0 radical (unpaired) electrons. The Morgan fingerprint density at radius 1 is 0.538 bits per heavy atom. The van der Waals surface area contributed by atoms with Crippen molar-refractivity contribution in [2.75, 3.05) is 0 Å². The average Bonchev–Trinajstić information content (AvgIpc) is 3.59. The number of furan rings is 1. The molecule has 1 unspecified atom stereocenters. The molecule has 0 spiro atoms. The molecule has 4 nitrogen and oxygen atoms in total. The molecular weight excluding hydrogens is 635 g/mol. The van der Waals surface area contributed by atoms with E-state index in [1.807, 2.05) is 18.2 Å².